The van der Waals surface area contributed by atoms with Crippen molar-refractivity contribution in [2.24, 2.45) is 0 Å². The molecule has 14 aromatic carbocycles. The number of carbonyl (C=O) groups is 2. The Morgan fingerprint density at radius 2 is 0.614 bits per heavy atom. The van der Waals surface area contributed by atoms with E-state index in [0.717, 1.165) is 35.4 Å². The summed E-state index contributed by atoms with van der Waals surface area (Å²) in [6.07, 6.45) is 3.84. The first-order valence-corrected chi connectivity index (χ1v) is 43.3. The molecule has 1 saturated carbocycles. The number of amides is 2. The Morgan fingerprint density at radius 1 is 0.351 bits per heavy atom. The van der Waals surface area contributed by atoms with Crippen LogP contribution in [0.3, 0.4) is 0 Å². The summed E-state index contributed by atoms with van der Waals surface area (Å²) in [6, 6.07) is 145. The van der Waals surface area contributed by atoms with E-state index in [2.05, 4.69) is 386 Å². The summed E-state index contributed by atoms with van der Waals surface area (Å²) in [6.45, 7) is 0.136. The number of aliphatic hydroxyl groups is 1. The fourth-order valence-electron chi connectivity index (χ4n) is 13.2. The summed E-state index contributed by atoms with van der Waals surface area (Å²) in [7, 11) is -1.78. The first kappa shape index (κ1) is 84.0. The summed E-state index contributed by atoms with van der Waals surface area (Å²) in [5.74, 6) is -0.703. The minimum absolute atomic E-state index is 0. The van der Waals surface area contributed by atoms with E-state index in [1.807, 2.05) is 36.4 Å². The van der Waals surface area contributed by atoms with Crippen molar-refractivity contribution < 1.29 is 49.4 Å². The van der Waals surface area contributed by atoms with Crippen LogP contribution in [-0.2, 0) is 26.8 Å². The molecule has 0 atom stereocenters. The number of hydrogen-bond donors (Lipinski definition) is 4. The molecule has 1 aliphatic rings. The van der Waals surface area contributed by atoms with E-state index in [1.54, 1.807) is 6.07 Å². The minimum Gasteiger partial charge on any atom is -0.465 e. The summed E-state index contributed by atoms with van der Waals surface area (Å²) in [5, 5.41) is 40.1. The maximum atomic E-state index is 14.0. The number of aryl methyl sites for hydroxylation is 1. The number of pyridine rings is 1. The molecule has 0 aliphatic heterocycles. The van der Waals surface area contributed by atoms with Gasteiger partial charge in [0, 0.05) is 39.1 Å². The summed E-state index contributed by atoms with van der Waals surface area (Å²) < 4.78 is 20.0. The number of rotatable bonds is 21. The molecular formula is C100H90FN3O5P4Pd. The molecule has 0 bridgehead atoms. The molecule has 114 heavy (non-hydrogen) atoms. The number of nitrogens with zero attached hydrogens (tertiary/aromatic N) is 1. The Morgan fingerprint density at radius 3 is 0.886 bits per heavy atom. The second kappa shape index (κ2) is 45.7. The molecule has 16 rings (SSSR count). The zero-order chi connectivity index (χ0) is 77.9. The van der Waals surface area contributed by atoms with Crippen molar-refractivity contribution in [3.63, 3.8) is 0 Å². The van der Waals surface area contributed by atoms with Crippen LogP contribution >= 0.6 is 31.7 Å². The molecule has 4 N–H and O–H groups in total. The maximum Gasteiger partial charge on any atom is 0.404 e. The normalized spacial score (nSPS) is 12.6. The molecule has 0 unspecified atom stereocenters. The SMILES string of the molecule is O=C(O)NC1CCC(NC(=O)c2cc(F)cnc2Oc2cccc(-c3cccc(CCCO)c3)c2)CC1.[Pd].c1ccc(P(c2ccccc2)c2ccccc2)cc1.c1ccc(P(c2ccccc2)c2ccccc2)cc1.c1ccc(P(c2ccccc2)c2ccccc2)cc1.c1ccc(P(c2ccccc2)c2ccccc2)cc1. The third-order valence-corrected chi connectivity index (χ3v) is 28.3. The number of aromatic nitrogens is 1. The van der Waals surface area contributed by atoms with Crippen LogP contribution in [0.25, 0.3) is 11.1 Å². The van der Waals surface area contributed by atoms with Crippen molar-refractivity contribution in [3.05, 3.63) is 442 Å². The van der Waals surface area contributed by atoms with Gasteiger partial charge in [0.05, 0.1) is 6.20 Å². The van der Waals surface area contributed by atoms with E-state index in [9.17, 15) is 14.0 Å². The van der Waals surface area contributed by atoms with Crippen LogP contribution in [0.15, 0.2) is 425 Å². The van der Waals surface area contributed by atoms with E-state index in [4.69, 9.17) is 14.9 Å². The van der Waals surface area contributed by atoms with Crippen molar-refractivity contribution in [1.29, 1.82) is 0 Å². The van der Waals surface area contributed by atoms with Gasteiger partial charge in [0.15, 0.2) is 0 Å². The van der Waals surface area contributed by atoms with Gasteiger partial charge >= 0.3 is 6.09 Å². The smallest absolute Gasteiger partial charge is 0.404 e. The monoisotopic (exact) mass is 1660 g/mol. The van der Waals surface area contributed by atoms with Gasteiger partial charge in [-0.1, -0.05) is 400 Å². The number of halogens is 1. The van der Waals surface area contributed by atoms with Gasteiger partial charge in [-0.2, -0.15) is 0 Å². The van der Waals surface area contributed by atoms with E-state index >= 15 is 0 Å². The average Bonchev–Trinajstić information content (AvgIpc) is 0.853. The number of nitrogens with one attached hydrogen (secondary N) is 2. The Labute approximate surface area is 689 Å². The molecule has 1 heterocycles. The van der Waals surface area contributed by atoms with E-state index in [-0.39, 0.29) is 50.6 Å². The molecule has 15 aromatic rings. The standard InChI is InChI=1S/C28H30FN3O5.4C18H15P.Pd/c29-21-16-25(26(34)31-22-9-11-23(12-10-22)32-28(35)36)27(30-17-21)37-24-8-2-7-20(15-24)19-6-1-4-18(14-19)5-3-13-33;4*1-4-10-16(11-5-1)19(17-12-6-2-7-13-17)18-14-8-3-9-15-18;/h1-2,4,6-8,14-17,22-23,32-33H,3,5,9-13H2,(H,31,34)(H,35,36);4*1-15H;. The third kappa shape index (κ3) is 25.3. The predicted molar refractivity (Wildman–Crippen MR) is 477 cm³/mol. The maximum absolute atomic E-state index is 14.0. The average molecular weight is 1660 g/mol. The first-order chi connectivity index (χ1) is 55.7. The third-order valence-electron chi connectivity index (χ3n) is 18.6. The van der Waals surface area contributed by atoms with Crippen molar-refractivity contribution in [3.8, 4) is 22.8 Å². The summed E-state index contributed by atoms with van der Waals surface area (Å²) in [4.78, 5) is 27.9. The van der Waals surface area contributed by atoms with Crippen LogP contribution < -0.4 is 79.0 Å². The molecule has 1 aromatic heterocycles. The number of benzene rings is 14. The van der Waals surface area contributed by atoms with Gasteiger partial charge in [-0.3, -0.25) is 4.79 Å². The van der Waals surface area contributed by atoms with Crippen molar-refractivity contribution >= 4 is 107 Å². The molecule has 572 valence electrons. The Kier molecular flexibility index (Phi) is 33.6. The quantitative estimate of drug-likeness (QED) is 0.0420. The molecule has 2 amide bonds. The summed E-state index contributed by atoms with van der Waals surface area (Å²) in [5.41, 5.74) is 2.99. The second-order valence-corrected chi connectivity index (χ2v) is 35.4. The zero-order valence-electron chi connectivity index (χ0n) is 63.1. The number of carboxylic acid groups (broad SMARTS) is 1. The summed E-state index contributed by atoms with van der Waals surface area (Å²) >= 11 is 0. The van der Waals surface area contributed by atoms with E-state index in [0.29, 0.717) is 37.9 Å². The van der Waals surface area contributed by atoms with Crippen molar-refractivity contribution in [2.45, 2.75) is 50.6 Å². The largest absolute Gasteiger partial charge is 0.465 e. The molecule has 1 fully saturated rings. The van der Waals surface area contributed by atoms with Crippen LogP contribution in [0.5, 0.6) is 11.6 Å². The minimum atomic E-state index is -1.06. The van der Waals surface area contributed by atoms with Gasteiger partial charge in [0.2, 0.25) is 5.88 Å². The zero-order valence-corrected chi connectivity index (χ0v) is 68.2. The van der Waals surface area contributed by atoms with Crippen LogP contribution in [0.1, 0.15) is 48.0 Å². The van der Waals surface area contributed by atoms with E-state index < -0.39 is 49.5 Å². The molecule has 14 heteroatoms. The van der Waals surface area contributed by atoms with Crippen LogP contribution in [0, 0.1) is 5.82 Å². The number of aliphatic hydroxyl groups excluding tert-OH is 1. The fourth-order valence-corrected chi connectivity index (χ4v) is 22.5. The van der Waals surface area contributed by atoms with Crippen LogP contribution in [-0.4, -0.2) is 45.9 Å². The fraction of sp³-hybridized carbons (Fsp3) is 0.0900. The molecular weight excluding hydrogens is 1570 g/mol. The Hall–Kier alpha value is -11.0. The molecule has 0 radical (unpaired) electrons. The predicted octanol–water partition coefficient (Wildman–Crippen LogP) is 18.7. The number of carbonyl (C=O) groups excluding carboxylic acids is 1. The Balaban J connectivity index is 0.000000145. The van der Waals surface area contributed by atoms with Gasteiger partial charge in [0.25, 0.3) is 5.91 Å². The first-order valence-electron chi connectivity index (χ1n) is 38.0. The van der Waals surface area contributed by atoms with Crippen LogP contribution in [0.4, 0.5) is 9.18 Å². The molecule has 0 saturated heterocycles. The van der Waals surface area contributed by atoms with E-state index in [1.165, 1.54) is 63.7 Å². The Bertz CT molecular complexity index is 4420. The van der Waals surface area contributed by atoms with Gasteiger partial charge < -0.3 is 25.6 Å². The van der Waals surface area contributed by atoms with Crippen LogP contribution in [0.2, 0.25) is 0 Å². The molecule has 1 aliphatic carbocycles. The topological polar surface area (TPSA) is 121 Å². The van der Waals surface area contributed by atoms with Crippen molar-refractivity contribution in [2.75, 3.05) is 6.61 Å². The van der Waals surface area contributed by atoms with Gasteiger partial charge in [0.1, 0.15) is 17.1 Å². The van der Waals surface area contributed by atoms with Gasteiger partial charge in [-0.25, -0.2) is 14.2 Å². The van der Waals surface area contributed by atoms with Gasteiger partial charge in [-0.05, 0) is 169 Å². The second-order valence-electron chi connectivity index (χ2n) is 26.5. The van der Waals surface area contributed by atoms with Gasteiger partial charge in [-0.15, -0.1) is 0 Å². The van der Waals surface area contributed by atoms with Crippen molar-refractivity contribution in [1.82, 2.24) is 15.6 Å². The molecule has 8 nitrogen and oxygen atoms in total. The molecule has 0 spiro atoms. The number of ether oxygens (including phenoxy) is 1. The number of hydrogen-bond acceptors (Lipinski definition) is 5.